The lowest BCUT2D eigenvalue weighted by Gasteiger charge is -2.09. The fraction of sp³-hybridized carbons (Fsp3) is 0.316. The number of hydrogen-bond donors (Lipinski definition) is 1. The van der Waals surface area contributed by atoms with Crippen molar-refractivity contribution >= 4 is 16.7 Å². The second-order valence-electron chi connectivity index (χ2n) is 6.28. The standard InChI is InChI=1S/C19H21NO2S/c1-13(2)20-19(21)12-23(22)11-14-7-8-18-16(9-14)10-15-5-3-4-6-17(15)18/h3-9,13H,10-12H2,1-2H3,(H,20,21). The van der Waals surface area contributed by atoms with Gasteiger partial charge >= 0.3 is 0 Å². The van der Waals surface area contributed by atoms with Crippen molar-refractivity contribution in [1.29, 1.82) is 0 Å². The number of benzene rings is 2. The average Bonchev–Trinajstić information content (AvgIpc) is 2.83. The third kappa shape index (κ3) is 3.70. The number of carbonyl (C=O) groups excluding carboxylic acids is 1. The van der Waals surface area contributed by atoms with Crippen LogP contribution in [0.5, 0.6) is 0 Å². The van der Waals surface area contributed by atoms with Gasteiger partial charge in [0.05, 0.1) is 0 Å². The van der Waals surface area contributed by atoms with Crippen LogP contribution in [-0.4, -0.2) is 21.9 Å². The van der Waals surface area contributed by atoms with E-state index in [9.17, 15) is 9.00 Å². The van der Waals surface area contributed by atoms with E-state index in [2.05, 4.69) is 41.7 Å². The van der Waals surface area contributed by atoms with E-state index in [0.717, 1.165) is 12.0 Å². The summed E-state index contributed by atoms with van der Waals surface area (Å²) in [5, 5.41) is 2.78. The third-order valence-corrected chi connectivity index (χ3v) is 5.17. The third-order valence-electron chi connectivity index (χ3n) is 3.93. The van der Waals surface area contributed by atoms with Gasteiger partial charge in [0, 0.05) is 22.6 Å². The van der Waals surface area contributed by atoms with Gasteiger partial charge in [-0.1, -0.05) is 42.5 Å². The summed E-state index contributed by atoms with van der Waals surface area (Å²) in [6.07, 6.45) is 0.930. The first-order valence-electron chi connectivity index (χ1n) is 7.87. The van der Waals surface area contributed by atoms with Gasteiger partial charge in [-0.25, -0.2) is 0 Å². The molecule has 0 saturated carbocycles. The SMILES string of the molecule is CC(C)NC(=O)CS(=O)Cc1ccc2c(c1)Cc1ccccc1-2. The predicted octanol–water partition coefficient (Wildman–Crippen LogP) is 3.03. The fourth-order valence-electron chi connectivity index (χ4n) is 3.04. The lowest BCUT2D eigenvalue weighted by Crippen LogP contribution is -2.33. The quantitative estimate of drug-likeness (QED) is 0.783. The minimum Gasteiger partial charge on any atom is -0.353 e. The number of fused-ring (bicyclic) bond motifs is 3. The summed E-state index contributed by atoms with van der Waals surface area (Å²) < 4.78 is 12.2. The van der Waals surface area contributed by atoms with Gasteiger partial charge in [-0.3, -0.25) is 9.00 Å². The predicted molar refractivity (Wildman–Crippen MR) is 94.7 cm³/mol. The number of hydrogen-bond acceptors (Lipinski definition) is 2. The minimum atomic E-state index is -1.18. The molecule has 0 radical (unpaired) electrons. The summed E-state index contributed by atoms with van der Waals surface area (Å²) in [5.41, 5.74) is 6.23. The van der Waals surface area contributed by atoms with Crippen LogP contribution in [0.2, 0.25) is 0 Å². The molecule has 120 valence electrons. The first-order valence-corrected chi connectivity index (χ1v) is 9.36. The molecule has 0 spiro atoms. The summed E-state index contributed by atoms with van der Waals surface area (Å²) in [6, 6.07) is 14.8. The van der Waals surface area contributed by atoms with E-state index in [1.54, 1.807) is 0 Å². The van der Waals surface area contributed by atoms with Gasteiger partial charge in [0.2, 0.25) is 5.91 Å². The van der Waals surface area contributed by atoms with Gasteiger partial charge in [-0.05, 0) is 48.1 Å². The summed E-state index contributed by atoms with van der Waals surface area (Å²) in [4.78, 5) is 11.7. The molecular formula is C19H21NO2S. The highest BCUT2D eigenvalue weighted by Crippen LogP contribution is 2.36. The summed E-state index contributed by atoms with van der Waals surface area (Å²) >= 11 is 0. The lowest BCUT2D eigenvalue weighted by atomic mass is 10.0. The summed E-state index contributed by atoms with van der Waals surface area (Å²) in [5.74, 6) is 0.344. The normalized spacial score (nSPS) is 13.5. The molecule has 1 aliphatic carbocycles. The topological polar surface area (TPSA) is 46.2 Å². The van der Waals surface area contributed by atoms with Crippen LogP contribution in [0.25, 0.3) is 11.1 Å². The van der Waals surface area contributed by atoms with Crippen molar-refractivity contribution in [2.75, 3.05) is 5.75 Å². The van der Waals surface area contributed by atoms with Crippen LogP contribution < -0.4 is 5.32 Å². The Morgan fingerprint density at radius 3 is 2.65 bits per heavy atom. The Labute approximate surface area is 139 Å². The Hall–Kier alpha value is -1.94. The van der Waals surface area contributed by atoms with E-state index < -0.39 is 10.8 Å². The van der Waals surface area contributed by atoms with Gasteiger partial charge in [0.1, 0.15) is 5.75 Å². The van der Waals surface area contributed by atoms with Crippen molar-refractivity contribution in [2.45, 2.75) is 32.1 Å². The molecule has 2 aromatic rings. The molecule has 0 fully saturated rings. The molecule has 0 heterocycles. The van der Waals surface area contributed by atoms with Gasteiger partial charge in [-0.2, -0.15) is 0 Å². The average molecular weight is 327 g/mol. The molecule has 1 N–H and O–H groups in total. The summed E-state index contributed by atoms with van der Waals surface area (Å²) in [7, 11) is -1.18. The Morgan fingerprint density at radius 2 is 1.87 bits per heavy atom. The van der Waals surface area contributed by atoms with E-state index in [1.165, 1.54) is 22.3 Å². The number of nitrogens with one attached hydrogen (secondary N) is 1. The Bertz CT molecular complexity index is 768. The first-order chi connectivity index (χ1) is 11.0. The number of rotatable bonds is 5. The van der Waals surface area contributed by atoms with Crippen molar-refractivity contribution < 1.29 is 9.00 Å². The maximum absolute atomic E-state index is 12.2. The molecule has 0 aromatic heterocycles. The van der Waals surface area contributed by atoms with Crippen molar-refractivity contribution in [1.82, 2.24) is 5.32 Å². The smallest absolute Gasteiger partial charge is 0.232 e. The molecule has 23 heavy (non-hydrogen) atoms. The molecule has 0 aliphatic heterocycles. The monoisotopic (exact) mass is 327 g/mol. The molecule has 1 atom stereocenters. The number of amides is 1. The zero-order valence-corrected chi connectivity index (χ0v) is 14.3. The second-order valence-corrected chi connectivity index (χ2v) is 7.73. The molecule has 1 aliphatic rings. The van der Waals surface area contributed by atoms with E-state index in [-0.39, 0.29) is 17.7 Å². The van der Waals surface area contributed by atoms with Crippen LogP contribution in [0, 0.1) is 0 Å². The Balaban J connectivity index is 1.68. The summed E-state index contributed by atoms with van der Waals surface area (Å²) in [6.45, 7) is 3.80. The van der Waals surface area contributed by atoms with Crippen molar-refractivity contribution in [3.8, 4) is 11.1 Å². The van der Waals surface area contributed by atoms with Gasteiger partial charge in [0.15, 0.2) is 0 Å². The molecular weight excluding hydrogens is 306 g/mol. The number of carbonyl (C=O) groups is 1. The molecule has 4 heteroatoms. The van der Waals surface area contributed by atoms with E-state index in [1.807, 2.05) is 19.9 Å². The first kappa shape index (κ1) is 15.9. The van der Waals surface area contributed by atoms with E-state index in [0.29, 0.717) is 5.75 Å². The highest BCUT2D eigenvalue weighted by Gasteiger charge is 2.18. The van der Waals surface area contributed by atoms with Crippen LogP contribution in [0.4, 0.5) is 0 Å². The minimum absolute atomic E-state index is 0.0650. The van der Waals surface area contributed by atoms with Crippen LogP contribution in [0.3, 0.4) is 0 Å². The zero-order chi connectivity index (χ0) is 16.4. The zero-order valence-electron chi connectivity index (χ0n) is 13.5. The molecule has 3 rings (SSSR count). The Morgan fingerprint density at radius 1 is 1.13 bits per heavy atom. The van der Waals surface area contributed by atoms with Gasteiger partial charge < -0.3 is 5.32 Å². The van der Waals surface area contributed by atoms with Crippen molar-refractivity contribution in [3.05, 3.63) is 59.2 Å². The highest BCUT2D eigenvalue weighted by molar-refractivity contribution is 7.84. The van der Waals surface area contributed by atoms with Crippen LogP contribution in [-0.2, 0) is 27.8 Å². The molecule has 0 bridgehead atoms. The fourth-order valence-corrected chi connectivity index (χ4v) is 4.06. The maximum atomic E-state index is 12.2. The molecule has 3 nitrogen and oxygen atoms in total. The molecule has 1 amide bonds. The highest BCUT2D eigenvalue weighted by atomic mass is 32.2. The van der Waals surface area contributed by atoms with Crippen molar-refractivity contribution in [3.63, 3.8) is 0 Å². The molecule has 0 saturated heterocycles. The largest absolute Gasteiger partial charge is 0.353 e. The Kier molecular flexibility index (Phi) is 4.62. The van der Waals surface area contributed by atoms with Crippen LogP contribution in [0.1, 0.15) is 30.5 Å². The van der Waals surface area contributed by atoms with Crippen LogP contribution in [0.15, 0.2) is 42.5 Å². The molecule has 2 aromatic carbocycles. The van der Waals surface area contributed by atoms with Gasteiger partial charge in [0.25, 0.3) is 0 Å². The second kappa shape index (κ2) is 6.67. The van der Waals surface area contributed by atoms with E-state index in [4.69, 9.17) is 0 Å². The van der Waals surface area contributed by atoms with Gasteiger partial charge in [-0.15, -0.1) is 0 Å². The van der Waals surface area contributed by atoms with Crippen LogP contribution >= 0.6 is 0 Å². The van der Waals surface area contributed by atoms with E-state index >= 15 is 0 Å². The maximum Gasteiger partial charge on any atom is 0.232 e. The molecule has 1 unspecified atom stereocenters. The lowest BCUT2D eigenvalue weighted by molar-refractivity contribution is -0.119. The van der Waals surface area contributed by atoms with Crippen molar-refractivity contribution in [2.24, 2.45) is 0 Å².